The molecule has 2 aromatic carbocycles. The van der Waals surface area contributed by atoms with Crippen molar-refractivity contribution in [2.24, 2.45) is 0 Å². The fraction of sp³-hybridized carbons (Fsp3) is 0.0714. The number of halogens is 3. The van der Waals surface area contributed by atoms with Gasteiger partial charge in [0, 0.05) is 10.0 Å². The second-order valence-corrected chi connectivity index (χ2v) is 4.66. The maximum atomic E-state index is 13.4. The van der Waals surface area contributed by atoms with E-state index in [1.54, 1.807) is 24.3 Å². The van der Waals surface area contributed by atoms with E-state index in [9.17, 15) is 4.39 Å². The molecule has 0 atom stereocenters. The van der Waals surface area contributed by atoms with E-state index in [2.05, 4.69) is 0 Å². The minimum atomic E-state index is -0.607. The van der Waals surface area contributed by atoms with Crippen LogP contribution in [0.4, 0.5) is 4.39 Å². The first kappa shape index (κ1) is 13.7. The van der Waals surface area contributed by atoms with Crippen LogP contribution in [0.25, 0.3) is 0 Å². The van der Waals surface area contributed by atoms with Gasteiger partial charge in [0.25, 0.3) is 0 Å². The lowest BCUT2D eigenvalue weighted by Gasteiger charge is -2.09. The van der Waals surface area contributed by atoms with Gasteiger partial charge in [0.15, 0.2) is 0 Å². The van der Waals surface area contributed by atoms with Gasteiger partial charge in [0.05, 0.1) is 0 Å². The van der Waals surface area contributed by atoms with Crippen LogP contribution in [-0.4, -0.2) is 0 Å². The molecule has 0 aromatic heterocycles. The zero-order chi connectivity index (χ0) is 13.8. The van der Waals surface area contributed by atoms with Crippen molar-refractivity contribution < 1.29 is 9.13 Å². The van der Waals surface area contributed by atoms with Gasteiger partial charge < -0.3 is 4.74 Å². The summed E-state index contributed by atoms with van der Waals surface area (Å²) >= 11 is 11.7. The monoisotopic (exact) mass is 295 g/mol. The zero-order valence-corrected chi connectivity index (χ0v) is 11.2. The van der Waals surface area contributed by atoms with Crippen molar-refractivity contribution in [3.8, 4) is 11.8 Å². The van der Waals surface area contributed by atoms with Crippen LogP contribution in [0.1, 0.15) is 11.1 Å². The summed E-state index contributed by atoms with van der Waals surface area (Å²) in [5, 5.41) is 9.86. The minimum absolute atomic E-state index is 0.115. The number of hydrogen-bond acceptors (Lipinski definition) is 2. The van der Waals surface area contributed by atoms with Gasteiger partial charge >= 0.3 is 0 Å². The molecule has 2 rings (SSSR count). The molecule has 0 amide bonds. The van der Waals surface area contributed by atoms with Crippen molar-refractivity contribution in [1.82, 2.24) is 0 Å². The van der Waals surface area contributed by atoms with Gasteiger partial charge in [-0.3, -0.25) is 0 Å². The summed E-state index contributed by atoms with van der Waals surface area (Å²) in [5.41, 5.74) is 0.626. The Kier molecular flexibility index (Phi) is 4.26. The molecule has 0 heterocycles. The molecule has 0 aliphatic carbocycles. The van der Waals surface area contributed by atoms with Gasteiger partial charge in [-0.15, -0.1) is 0 Å². The minimum Gasteiger partial charge on any atom is -0.487 e. The maximum Gasteiger partial charge on any atom is 0.144 e. The molecule has 96 valence electrons. The number of nitrogens with zero attached hydrogens (tertiary/aromatic N) is 1. The van der Waals surface area contributed by atoms with Crippen molar-refractivity contribution in [2.75, 3.05) is 0 Å². The van der Waals surface area contributed by atoms with Crippen LogP contribution >= 0.6 is 23.2 Å². The molecule has 0 N–H and O–H groups in total. The molecule has 0 saturated heterocycles. The second kappa shape index (κ2) is 5.92. The van der Waals surface area contributed by atoms with Crippen molar-refractivity contribution in [1.29, 1.82) is 5.26 Å². The maximum absolute atomic E-state index is 13.4. The summed E-state index contributed by atoms with van der Waals surface area (Å²) in [6.45, 7) is 0.151. The van der Waals surface area contributed by atoms with E-state index >= 15 is 0 Å². The van der Waals surface area contributed by atoms with Crippen molar-refractivity contribution in [2.45, 2.75) is 6.61 Å². The summed E-state index contributed by atoms with van der Waals surface area (Å²) in [6, 6.07) is 11.0. The average molecular weight is 296 g/mol. The van der Waals surface area contributed by atoms with Gasteiger partial charge in [0.2, 0.25) is 0 Å². The Morgan fingerprint density at radius 2 is 1.84 bits per heavy atom. The van der Waals surface area contributed by atoms with Crippen LogP contribution in [0.2, 0.25) is 10.0 Å². The van der Waals surface area contributed by atoms with Crippen molar-refractivity contribution in [3.05, 3.63) is 63.4 Å². The van der Waals surface area contributed by atoms with Crippen molar-refractivity contribution >= 4 is 23.2 Å². The Labute approximate surface area is 119 Å². The van der Waals surface area contributed by atoms with Gasteiger partial charge in [-0.25, -0.2) is 4.39 Å². The normalized spacial score (nSPS) is 10.0. The molecule has 0 radical (unpaired) electrons. The first-order valence-corrected chi connectivity index (χ1v) is 6.12. The number of nitriles is 1. The quantitative estimate of drug-likeness (QED) is 0.830. The standard InChI is InChI=1S/C14H8Cl2FNO/c15-10-4-9(5-11(16)6-10)8-19-14-3-1-2-13(17)12(14)7-18/h1-6H,8H2. The number of rotatable bonds is 3. The van der Waals surface area contributed by atoms with E-state index in [-0.39, 0.29) is 17.9 Å². The van der Waals surface area contributed by atoms with Crippen LogP contribution in [0.15, 0.2) is 36.4 Å². The molecule has 0 fully saturated rings. The lowest BCUT2D eigenvalue weighted by atomic mass is 10.2. The Morgan fingerprint density at radius 1 is 1.16 bits per heavy atom. The largest absolute Gasteiger partial charge is 0.487 e. The molecule has 0 aliphatic heterocycles. The van der Waals surface area contributed by atoms with Crippen LogP contribution in [-0.2, 0) is 6.61 Å². The first-order chi connectivity index (χ1) is 9.10. The Balaban J connectivity index is 2.19. The lowest BCUT2D eigenvalue weighted by Crippen LogP contribution is -1.98. The molecule has 0 spiro atoms. The fourth-order valence-corrected chi connectivity index (χ4v) is 2.16. The number of ether oxygens (including phenoxy) is 1. The van der Waals surface area contributed by atoms with E-state index in [0.29, 0.717) is 10.0 Å². The zero-order valence-electron chi connectivity index (χ0n) is 9.66. The topological polar surface area (TPSA) is 33.0 Å². The molecule has 0 aliphatic rings. The summed E-state index contributed by atoms with van der Waals surface area (Å²) in [4.78, 5) is 0. The second-order valence-electron chi connectivity index (χ2n) is 3.79. The molecule has 0 bridgehead atoms. The molecule has 2 aromatic rings. The third kappa shape index (κ3) is 3.37. The first-order valence-electron chi connectivity index (χ1n) is 5.36. The van der Waals surface area contributed by atoms with E-state index in [1.165, 1.54) is 18.2 Å². The van der Waals surface area contributed by atoms with Crippen LogP contribution in [0.5, 0.6) is 5.75 Å². The van der Waals surface area contributed by atoms with Crippen LogP contribution in [0.3, 0.4) is 0 Å². The van der Waals surface area contributed by atoms with E-state index in [1.807, 2.05) is 0 Å². The van der Waals surface area contributed by atoms with E-state index in [0.717, 1.165) is 5.56 Å². The van der Waals surface area contributed by atoms with Crippen molar-refractivity contribution in [3.63, 3.8) is 0 Å². The predicted molar refractivity (Wildman–Crippen MR) is 71.9 cm³/mol. The molecule has 0 unspecified atom stereocenters. The highest BCUT2D eigenvalue weighted by atomic mass is 35.5. The summed E-state index contributed by atoms with van der Waals surface area (Å²) in [7, 11) is 0. The molecule has 2 nitrogen and oxygen atoms in total. The van der Waals surface area contributed by atoms with Gasteiger partial charge in [-0.2, -0.15) is 5.26 Å². The van der Waals surface area contributed by atoms with E-state index < -0.39 is 5.82 Å². The van der Waals surface area contributed by atoms with Gasteiger partial charge in [-0.05, 0) is 35.9 Å². The highest BCUT2D eigenvalue weighted by molar-refractivity contribution is 6.34. The molecule has 0 saturated carbocycles. The Bertz CT molecular complexity index is 632. The highest BCUT2D eigenvalue weighted by Crippen LogP contribution is 2.23. The summed E-state index contributed by atoms with van der Waals surface area (Å²) in [6.07, 6.45) is 0. The molecule has 19 heavy (non-hydrogen) atoms. The summed E-state index contributed by atoms with van der Waals surface area (Å²) < 4.78 is 18.8. The highest BCUT2D eigenvalue weighted by Gasteiger charge is 2.09. The molecule has 5 heteroatoms. The average Bonchev–Trinajstić information content (AvgIpc) is 2.35. The predicted octanol–water partition coefficient (Wildman–Crippen LogP) is 4.58. The Morgan fingerprint density at radius 3 is 2.47 bits per heavy atom. The smallest absolute Gasteiger partial charge is 0.144 e. The van der Waals surface area contributed by atoms with Crippen LogP contribution < -0.4 is 4.74 Å². The fourth-order valence-electron chi connectivity index (χ4n) is 1.59. The number of hydrogen-bond donors (Lipinski definition) is 0. The number of benzene rings is 2. The third-order valence-electron chi connectivity index (χ3n) is 2.40. The molecular formula is C14H8Cl2FNO. The lowest BCUT2D eigenvalue weighted by molar-refractivity contribution is 0.303. The summed E-state index contributed by atoms with van der Waals surface area (Å²) in [5.74, 6) is -0.414. The SMILES string of the molecule is N#Cc1c(F)cccc1OCc1cc(Cl)cc(Cl)c1. The van der Waals surface area contributed by atoms with Gasteiger partial charge in [0.1, 0.15) is 29.8 Å². The molecular weight excluding hydrogens is 288 g/mol. The Hall–Kier alpha value is -1.76. The van der Waals surface area contributed by atoms with E-state index in [4.69, 9.17) is 33.2 Å². The van der Waals surface area contributed by atoms with Crippen LogP contribution in [0, 0.1) is 17.1 Å². The third-order valence-corrected chi connectivity index (χ3v) is 2.84. The van der Waals surface area contributed by atoms with Gasteiger partial charge in [-0.1, -0.05) is 29.3 Å².